The summed E-state index contributed by atoms with van der Waals surface area (Å²) in [6, 6.07) is 0. The summed E-state index contributed by atoms with van der Waals surface area (Å²) in [6.45, 7) is 26.8. The van der Waals surface area contributed by atoms with Crippen molar-refractivity contribution in [3.05, 3.63) is 0 Å². The van der Waals surface area contributed by atoms with Crippen LogP contribution in [0.3, 0.4) is 0 Å². The molecule has 1 aliphatic heterocycles. The van der Waals surface area contributed by atoms with Crippen molar-refractivity contribution in [1.29, 1.82) is 0 Å². The molecule has 2 amide bonds. The van der Waals surface area contributed by atoms with Crippen LogP contribution in [0.25, 0.3) is 0 Å². The number of carbonyl (C=O) groups is 4. The van der Waals surface area contributed by atoms with Crippen LogP contribution in [-0.4, -0.2) is 458 Å². The predicted octanol–water partition coefficient (Wildman–Crippen LogP) is -2.70. The Labute approximate surface area is 649 Å². The van der Waals surface area contributed by atoms with Gasteiger partial charge in [-0.2, -0.15) is 0 Å². The topological polar surface area (TPSA) is 424 Å². The second kappa shape index (κ2) is 85.0. The third-order valence-electron chi connectivity index (χ3n) is 14.2. The summed E-state index contributed by atoms with van der Waals surface area (Å²) in [6.07, 6.45) is -5.46. The Kier molecular flexibility index (Phi) is 80.9. The van der Waals surface area contributed by atoms with E-state index >= 15 is 0 Å². The summed E-state index contributed by atoms with van der Waals surface area (Å²) in [5, 5.41) is 34.9. The average Bonchev–Trinajstić information content (AvgIpc) is 0.828. The number of aliphatic hydroxyl groups is 3. The number of rotatable bonds is 90. The van der Waals surface area contributed by atoms with Crippen LogP contribution in [0.2, 0.25) is 0 Å². The third kappa shape index (κ3) is 74.7. The van der Waals surface area contributed by atoms with Crippen LogP contribution in [0.15, 0.2) is 0 Å². The van der Waals surface area contributed by atoms with Crippen LogP contribution >= 0.6 is 0 Å². The summed E-state index contributed by atoms with van der Waals surface area (Å²) in [5.74, 6) is -1.60. The lowest BCUT2D eigenvalue weighted by atomic mass is 10.0. The molecular formula is C71H137N3O36. The summed E-state index contributed by atoms with van der Waals surface area (Å²) in [5.41, 5.74) is 0. The smallest absolute Gasteiger partial charge is 0.320 e. The SMILES string of the molecule is CCOC(=O)CN(CC(=O)NCCOCCOCCOCCOCCOCCOCCOCCOCCOCCOCCOCCOCCOCCOCCOCCOCCOCCOCCOCCOCCOCCOCCOCCOCCC(=O)NCCOCCO[C@@H]1O[C@@H](C)[C@H](O)[C@@H](O)[C@H]1O)CC(=O)OCC. The summed E-state index contributed by atoms with van der Waals surface area (Å²) >= 11 is 0. The number of hydrogen-bond donors (Lipinski definition) is 5. The molecule has 0 bridgehead atoms. The zero-order valence-corrected chi connectivity index (χ0v) is 65.9. The molecule has 110 heavy (non-hydrogen) atoms. The largest absolute Gasteiger partial charge is 0.465 e. The monoisotopic (exact) mass is 1610 g/mol. The van der Waals surface area contributed by atoms with Crippen molar-refractivity contribution >= 4 is 23.8 Å². The van der Waals surface area contributed by atoms with Crippen molar-refractivity contribution in [2.45, 2.75) is 57.9 Å². The van der Waals surface area contributed by atoms with Crippen molar-refractivity contribution in [2.75, 3.05) is 383 Å². The van der Waals surface area contributed by atoms with Crippen molar-refractivity contribution in [3.8, 4) is 0 Å². The Hall–Kier alpha value is -3.36. The first-order valence-electron chi connectivity index (χ1n) is 38.4. The maximum absolute atomic E-state index is 12.3. The van der Waals surface area contributed by atoms with E-state index in [0.29, 0.717) is 310 Å². The van der Waals surface area contributed by atoms with Gasteiger partial charge in [-0.25, -0.2) is 0 Å². The molecule has 0 radical (unpaired) electrons. The zero-order valence-electron chi connectivity index (χ0n) is 65.9. The number of hydrogen-bond acceptors (Lipinski definition) is 37. The van der Waals surface area contributed by atoms with Gasteiger partial charge in [0.2, 0.25) is 11.8 Å². The first-order valence-corrected chi connectivity index (χ1v) is 38.4. The minimum atomic E-state index is -1.37. The summed E-state index contributed by atoms with van der Waals surface area (Å²) in [7, 11) is 0. The van der Waals surface area contributed by atoms with Gasteiger partial charge in [-0.05, 0) is 20.8 Å². The third-order valence-corrected chi connectivity index (χ3v) is 14.2. The lowest BCUT2D eigenvalue weighted by Gasteiger charge is -2.38. The molecule has 0 spiro atoms. The van der Waals surface area contributed by atoms with E-state index in [1.54, 1.807) is 20.8 Å². The second-order valence-electron chi connectivity index (χ2n) is 23.1. The average molecular weight is 1610 g/mol. The molecular weight excluding hydrogens is 1470 g/mol. The number of nitrogens with zero attached hydrogens (tertiary/aromatic N) is 1. The Bertz CT molecular complexity index is 1940. The number of ether oxygens (including phenoxy) is 29. The van der Waals surface area contributed by atoms with E-state index in [2.05, 4.69) is 10.6 Å². The molecule has 0 aromatic rings. The first kappa shape index (κ1) is 105. The van der Waals surface area contributed by atoms with Crippen LogP contribution < -0.4 is 10.6 Å². The molecule has 0 aromatic carbocycles. The minimum Gasteiger partial charge on any atom is -0.465 e. The first-order chi connectivity index (χ1) is 54.1. The van der Waals surface area contributed by atoms with E-state index in [0.717, 1.165) is 0 Å². The summed E-state index contributed by atoms with van der Waals surface area (Å²) < 4.78 is 158. The normalized spacial score (nSPS) is 15.8. The van der Waals surface area contributed by atoms with Gasteiger partial charge in [0.15, 0.2) is 6.29 Å². The molecule has 652 valence electrons. The van der Waals surface area contributed by atoms with Gasteiger partial charge in [0.05, 0.1) is 376 Å². The van der Waals surface area contributed by atoms with Gasteiger partial charge in [-0.1, -0.05) is 0 Å². The van der Waals surface area contributed by atoms with E-state index in [1.807, 2.05) is 0 Å². The van der Waals surface area contributed by atoms with E-state index in [1.165, 1.54) is 4.90 Å². The van der Waals surface area contributed by atoms with Gasteiger partial charge in [-0.15, -0.1) is 0 Å². The van der Waals surface area contributed by atoms with E-state index < -0.39 is 42.6 Å². The standard InChI is InChI=1S/C71H137N3O36/c1-4-107-66(77)61-74(62-67(78)108-5-2)60-65(76)73-8-11-83-13-15-86-17-19-88-21-23-90-25-27-92-29-31-94-33-35-96-37-39-98-41-43-100-45-47-102-49-51-104-53-55-106-57-56-105-54-52-103-50-48-101-46-44-99-42-40-97-38-36-95-34-32-93-30-28-91-26-24-89-22-20-87-18-16-85-14-12-82-9-6-64(75)72-7-10-84-58-59-109-71-70(81)69(80)68(79)63(3)110-71/h63,68-71,79-81H,4-62H2,1-3H3,(H,72,75)(H,73,76)/t63-,68-,69+,70+,71+/m0/s1. The number of amides is 2. The van der Waals surface area contributed by atoms with E-state index in [9.17, 15) is 34.5 Å². The Morgan fingerprint density at radius 1 is 0.273 bits per heavy atom. The molecule has 1 fully saturated rings. The van der Waals surface area contributed by atoms with Crippen molar-refractivity contribution in [3.63, 3.8) is 0 Å². The molecule has 1 aliphatic rings. The summed E-state index contributed by atoms with van der Waals surface area (Å²) in [4.78, 5) is 49.3. The van der Waals surface area contributed by atoms with Gasteiger partial charge in [0.1, 0.15) is 18.3 Å². The van der Waals surface area contributed by atoms with Crippen LogP contribution in [0.4, 0.5) is 0 Å². The highest BCUT2D eigenvalue weighted by molar-refractivity contribution is 5.81. The van der Waals surface area contributed by atoms with Gasteiger partial charge in [0.25, 0.3) is 0 Å². The molecule has 5 atom stereocenters. The molecule has 0 unspecified atom stereocenters. The highest BCUT2D eigenvalue weighted by Gasteiger charge is 2.42. The molecule has 5 N–H and O–H groups in total. The van der Waals surface area contributed by atoms with Crippen LogP contribution in [-0.2, 0) is 157 Å². The van der Waals surface area contributed by atoms with Gasteiger partial charge in [-0.3, -0.25) is 24.1 Å². The molecule has 0 aromatic heterocycles. The fraction of sp³-hybridized carbons (Fsp3) is 0.944. The quantitative estimate of drug-likeness (QED) is 0.0305. The fourth-order valence-corrected chi connectivity index (χ4v) is 8.62. The molecule has 1 heterocycles. The molecule has 1 rings (SSSR count). The Morgan fingerprint density at radius 3 is 0.718 bits per heavy atom. The van der Waals surface area contributed by atoms with Gasteiger partial charge in [0, 0.05) is 19.5 Å². The van der Waals surface area contributed by atoms with Gasteiger partial charge < -0.3 is 163 Å². The molecule has 0 aliphatic carbocycles. The second-order valence-corrected chi connectivity index (χ2v) is 23.1. The van der Waals surface area contributed by atoms with E-state index in [-0.39, 0.29) is 90.7 Å². The maximum atomic E-state index is 12.3. The minimum absolute atomic E-state index is 0.0993. The van der Waals surface area contributed by atoms with Crippen molar-refractivity contribution in [1.82, 2.24) is 15.5 Å². The molecule has 39 heteroatoms. The Balaban J connectivity index is 1.63. The fourth-order valence-electron chi connectivity index (χ4n) is 8.62. The maximum Gasteiger partial charge on any atom is 0.320 e. The number of carbonyl (C=O) groups excluding carboxylic acids is 4. The number of esters is 2. The van der Waals surface area contributed by atoms with Crippen molar-refractivity contribution < 1.29 is 172 Å². The number of nitrogens with one attached hydrogen (secondary N) is 2. The number of aliphatic hydroxyl groups excluding tert-OH is 3. The van der Waals surface area contributed by atoms with E-state index in [4.69, 9.17) is 137 Å². The lowest BCUT2D eigenvalue weighted by Crippen LogP contribution is -2.57. The van der Waals surface area contributed by atoms with Crippen LogP contribution in [0.5, 0.6) is 0 Å². The Morgan fingerprint density at radius 2 is 0.482 bits per heavy atom. The predicted molar refractivity (Wildman–Crippen MR) is 389 cm³/mol. The van der Waals surface area contributed by atoms with Crippen LogP contribution in [0, 0.1) is 0 Å². The van der Waals surface area contributed by atoms with Crippen molar-refractivity contribution in [2.24, 2.45) is 0 Å². The highest BCUT2D eigenvalue weighted by atomic mass is 16.7. The molecule has 39 nitrogen and oxygen atoms in total. The lowest BCUT2D eigenvalue weighted by molar-refractivity contribution is -0.294. The highest BCUT2D eigenvalue weighted by Crippen LogP contribution is 2.21. The molecule has 1 saturated heterocycles. The molecule has 0 saturated carbocycles. The van der Waals surface area contributed by atoms with Crippen LogP contribution in [0.1, 0.15) is 27.2 Å². The zero-order chi connectivity index (χ0) is 79.4. The van der Waals surface area contributed by atoms with Gasteiger partial charge >= 0.3 is 11.9 Å².